The molecule has 0 saturated carbocycles. The molecule has 20 heavy (non-hydrogen) atoms. The van der Waals surface area contributed by atoms with E-state index in [2.05, 4.69) is 15.1 Å². The van der Waals surface area contributed by atoms with Crippen LogP contribution in [0.25, 0.3) is 0 Å². The number of aromatic nitrogens is 3. The molecule has 100 valence electrons. The van der Waals surface area contributed by atoms with Crippen LogP contribution in [0.5, 0.6) is 0 Å². The quantitative estimate of drug-likeness (QED) is 0.730. The molecule has 0 saturated heterocycles. The minimum Gasteiger partial charge on any atom is -0.339 e. The lowest BCUT2D eigenvalue weighted by atomic mass is 10.1. The first-order valence-electron chi connectivity index (χ1n) is 6.24. The summed E-state index contributed by atoms with van der Waals surface area (Å²) in [6.07, 6.45) is 4.48. The highest BCUT2D eigenvalue weighted by molar-refractivity contribution is 5.20. The van der Waals surface area contributed by atoms with Crippen molar-refractivity contribution < 1.29 is 8.91 Å². The van der Waals surface area contributed by atoms with Crippen LogP contribution >= 0.6 is 0 Å². The average molecular weight is 269 g/mol. The Morgan fingerprint density at radius 3 is 2.75 bits per heavy atom. The molecule has 2 aromatic heterocycles. The second-order valence-corrected chi connectivity index (χ2v) is 4.45. The Kier molecular flexibility index (Phi) is 3.50. The summed E-state index contributed by atoms with van der Waals surface area (Å²) in [5, 5.41) is 3.92. The molecule has 0 radical (unpaired) electrons. The highest BCUT2D eigenvalue weighted by Gasteiger charge is 2.08. The summed E-state index contributed by atoms with van der Waals surface area (Å²) in [6.45, 7) is 0. The van der Waals surface area contributed by atoms with Crippen LogP contribution in [0.4, 0.5) is 4.39 Å². The molecule has 0 bridgehead atoms. The van der Waals surface area contributed by atoms with E-state index in [1.807, 2.05) is 18.2 Å². The van der Waals surface area contributed by atoms with Gasteiger partial charge in [0, 0.05) is 18.8 Å². The van der Waals surface area contributed by atoms with Crippen molar-refractivity contribution in [1.29, 1.82) is 0 Å². The molecule has 0 N–H and O–H groups in total. The van der Waals surface area contributed by atoms with Gasteiger partial charge in [0.1, 0.15) is 5.82 Å². The second-order valence-electron chi connectivity index (χ2n) is 4.45. The van der Waals surface area contributed by atoms with Crippen molar-refractivity contribution in [3.8, 4) is 0 Å². The van der Waals surface area contributed by atoms with Gasteiger partial charge in [-0.1, -0.05) is 23.4 Å². The van der Waals surface area contributed by atoms with Gasteiger partial charge in [-0.25, -0.2) is 4.39 Å². The van der Waals surface area contributed by atoms with Crippen molar-refractivity contribution in [2.75, 3.05) is 0 Å². The van der Waals surface area contributed by atoms with E-state index < -0.39 is 0 Å². The van der Waals surface area contributed by atoms with Crippen LogP contribution in [-0.4, -0.2) is 15.1 Å². The maximum atomic E-state index is 13.1. The Hall–Kier alpha value is -2.56. The van der Waals surface area contributed by atoms with Crippen LogP contribution in [0.2, 0.25) is 0 Å². The van der Waals surface area contributed by atoms with Crippen LogP contribution < -0.4 is 0 Å². The fraction of sp³-hybridized carbons (Fsp3) is 0.133. The topological polar surface area (TPSA) is 51.8 Å². The Morgan fingerprint density at radius 2 is 1.95 bits per heavy atom. The van der Waals surface area contributed by atoms with Crippen LogP contribution in [0.15, 0.2) is 53.3 Å². The predicted octanol–water partition coefficient (Wildman–Crippen LogP) is 2.79. The van der Waals surface area contributed by atoms with Crippen molar-refractivity contribution in [3.05, 3.63) is 77.5 Å². The van der Waals surface area contributed by atoms with Gasteiger partial charge < -0.3 is 4.52 Å². The first kappa shape index (κ1) is 12.5. The summed E-state index contributed by atoms with van der Waals surface area (Å²) >= 11 is 0. The van der Waals surface area contributed by atoms with Crippen molar-refractivity contribution in [2.24, 2.45) is 0 Å². The lowest BCUT2D eigenvalue weighted by Gasteiger charge is -1.96. The predicted molar refractivity (Wildman–Crippen MR) is 70.5 cm³/mol. The molecule has 2 heterocycles. The van der Waals surface area contributed by atoms with E-state index >= 15 is 0 Å². The summed E-state index contributed by atoms with van der Waals surface area (Å²) in [7, 11) is 0. The standard InChI is InChI=1S/C15H12FN3O/c16-13-5-1-3-11(7-13)9-15-18-14(19-20-15)8-12-4-2-6-17-10-12/h1-7,10H,8-9H2. The Labute approximate surface area is 115 Å². The molecule has 3 rings (SSSR count). The minimum atomic E-state index is -0.266. The lowest BCUT2D eigenvalue weighted by Crippen LogP contribution is -1.93. The normalized spacial score (nSPS) is 10.7. The third-order valence-corrected chi connectivity index (χ3v) is 2.84. The van der Waals surface area contributed by atoms with E-state index in [4.69, 9.17) is 4.52 Å². The van der Waals surface area contributed by atoms with Gasteiger partial charge >= 0.3 is 0 Å². The molecule has 0 aliphatic rings. The summed E-state index contributed by atoms with van der Waals surface area (Å²) in [4.78, 5) is 8.34. The number of nitrogens with zero attached hydrogens (tertiary/aromatic N) is 3. The van der Waals surface area contributed by atoms with Gasteiger partial charge in [0.05, 0.1) is 6.42 Å². The molecule has 1 aromatic carbocycles. The van der Waals surface area contributed by atoms with Crippen molar-refractivity contribution >= 4 is 0 Å². The van der Waals surface area contributed by atoms with Crippen LogP contribution in [0, 0.1) is 5.82 Å². The molecule has 0 atom stereocenters. The average Bonchev–Trinajstić information content (AvgIpc) is 2.87. The molecule has 5 heteroatoms. The van der Waals surface area contributed by atoms with E-state index in [0.717, 1.165) is 11.1 Å². The van der Waals surface area contributed by atoms with Crippen LogP contribution in [0.1, 0.15) is 22.8 Å². The van der Waals surface area contributed by atoms with Gasteiger partial charge in [0.15, 0.2) is 5.82 Å². The van der Waals surface area contributed by atoms with Crippen molar-refractivity contribution in [3.63, 3.8) is 0 Å². The Morgan fingerprint density at radius 1 is 1.05 bits per heavy atom. The Bertz CT molecular complexity index is 697. The maximum absolute atomic E-state index is 13.1. The minimum absolute atomic E-state index is 0.266. The van der Waals surface area contributed by atoms with E-state index in [-0.39, 0.29) is 5.82 Å². The molecule has 0 aliphatic carbocycles. The molecule has 0 amide bonds. The molecule has 4 nitrogen and oxygen atoms in total. The zero-order valence-electron chi connectivity index (χ0n) is 10.7. The lowest BCUT2D eigenvalue weighted by molar-refractivity contribution is 0.380. The fourth-order valence-electron chi connectivity index (χ4n) is 1.94. The molecular formula is C15H12FN3O. The second kappa shape index (κ2) is 5.61. The van der Waals surface area contributed by atoms with E-state index in [1.165, 1.54) is 12.1 Å². The molecule has 0 unspecified atom stereocenters. The first-order chi connectivity index (χ1) is 9.79. The van der Waals surface area contributed by atoms with Gasteiger partial charge in [-0.05, 0) is 29.3 Å². The smallest absolute Gasteiger partial charge is 0.231 e. The summed E-state index contributed by atoms with van der Waals surface area (Å²) in [5.74, 6) is 0.816. The van der Waals surface area contributed by atoms with Crippen LogP contribution in [0.3, 0.4) is 0 Å². The fourth-order valence-corrected chi connectivity index (χ4v) is 1.94. The third kappa shape index (κ3) is 3.06. The van der Waals surface area contributed by atoms with Crippen LogP contribution in [-0.2, 0) is 12.8 Å². The SMILES string of the molecule is Fc1cccc(Cc2nc(Cc3cccnc3)no2)c1. The zero-order chi connectivity index (χ0) is 13.8. The van der Waals surface area contributed by atoms with E-state index in [9.17, 15) is 4.39 Å². The van der Waals surface area contributed by atoms with E-state index in [1.54, 1.807) is 18.5 Å². The van der Waals surface area contributed by atoms with Gasteiger partial charge in [-0.2, -0.15) is 4.98 Å². The number of halogens is 1. The van der Waals surface area contributed by atoms with Gasteiger partial charge in [0.2, 0.25) is 5.89 Å². The summed E-state index contributed by atoms with van der Waals surface area (Å²) < 4.78 is 18.3. The van der Waals surface area contributed by atoms with Crippen molar-refractivity contribution in [2.45, 2.75) is 12.8 Å². The molecule has 0 fully saturated rings. The third-order valence-electron chi connectivity index (χ3n) is 2.84. The van der Waals surface area contributed by atoms with Gasteiger partial charge in [-0.3, -0.25) is 4.98 Å². The number of rotatable bonds is 4. The number of benzene rings is 1. The molecular weight excluding hydrogens is 257 g/mol. The highest BCUT2D eigenvalue weighted by atomic mass is 19.1. The van der Waals surface area contributed by atoms with Crippen molar-refractivity contribution in [1.82, 2.24) is 15.1 Å². The highest BCUT2D eigenvalue weighted by Crippen LogP contribution is 2.11. The van der Waals surface area contributed by atoms with E-state index in [0.29, 0.717) is 24.6 Å². The molecule has 3 aromatic rings. The number of pyridine rings is 1. The Balaban J connectivity index is 1.71. The number of hydrogen-bond donors (Lipinski definition) is 0. The summed E-state index contributed by atoms with van der Waals surface area (Å²) in [5.41, 5.74) is 1.83. The first-order valence-corrected chi connectivity index (χ1v) is 6.24. The monoisotopic (exact) mass is 269 g/mol. The molecule has 0 spiro atoms. The maximum Gasteiger partial charge on any atom is 0.231 e. The molecule has 0 aliphatic heterocycles. The zero-order valence-corrected chi connectivity index (χ0v) is 10.7. The van der Waals surface area contributed by atoms with Gasteiger partial charge in [-0.15, -0.1) is 0 Å². The number of hydrogen-bond acceptors (Lipinski definition) is 4. The van der Waals surface area contributed by atoms with Gasteiger partial charge in [0.25, 0.3) is 0 Å². The summed E-state index contributed by atoms with van der Waals surface area (Å²) in [6, 6.07) is 10.2. The largest absolute Gasteiger partial charge is 0.339 e.